The number of ether oxygens (including phenoxy) is 1. The van der Waals surface area contributed by atoms with Gasteiger partial charge in [-0.1, -0.05) is 12.8 Å². The molecule has 0 amide bonds. The highest BCUT2D eigenvalue weighted by molar-refractivity contribution is 5.72. The van der Waals surface area contributed by atoms with Crippen LogP contribution in [0.1, 0.15) is 25.7 Å². The van der Waals surface area contributed by atoms with E-state index >= 15 is 0 Å². The summed E-state index contributed by atoms with van der Waals surface area (Å²) in [5.74, 6) is 0.282. The van der Waals surface area contributed by atoms with Crippen LogP contribution >= 0.6 is 0 Å². The van der Waals surface area contributed by atoms with Crippen molar-refractivity contribution in [3.63, 3.8) is 0 Å². The minimum atomic E-state index is -0.135. The fraction of sp³-hybridized carbons (Fsp3) is 0.889. The monoisotopic (exact) mass is 171 g/mol. The highest BCUT2D eigenvalue weighted by atomic mass is 16.5. The first-order chi connectivity index (χ1) is 5.79. The van der Waals surface area contributed by atoms with E-state index in [1.165, 1.54) is 20.0 Å². The van der Waals surface area contributed by atoms with Crippen LogP contribution in [0.5, 0.6) is 0 Å². The van der Waals surface area contributed by atoms with Crippen LogP contribution in [0.25, 0.3) is 0 Å². The quantitative estimate of drug-likeness (QED) is 0.642. The molecule has 0 aromatic rings. The van der Waals surface area contributed by atoms with Crippen molar-refractivity contribution >= 4 is 5.97 Å². The molecule has 0 saturated heterocycles. The molecule has 0 aliphatic heterocycles. The Bertz CT molecular complexity index is 153. The van der Waals surface area contributed by atoms with E-state index < -0.39 is 0 Å². The van der Waals surface area contributed by atoms with Crippen molar-refractivity contribution in [3.8, 4) is 0 Å². The Kier molecular flexibility index (Phi) is 3.53. The maximum atomic E-state index is 11.2. The summed E-state index contributed by atoms with van der Waals surface area (Å²) in [7, 11) is 1.43. The van der Waals surface area contributed by atoms with E-state index in [-0.39, 0.29) is 11.9 Å². The van der Waals surface area contributed by atoms with E-state index in [9.17, 15) is 4.79 Å². The highest BCUT2D eigenvalue weighted by Gasteiger charge is 2.29. The number of methoxy groups -OCH3 is 1. The second-order valence-corrected chi connectivity index (χ2v) is 3.41. The van der Waals surface area contributed by atoms with Crippen LogP contribution in [0.2, 0.25) is 0 Å². The van der Waals surface area contributed by atoms with Crippen molar-refractivity contribution in [1.29, 1.82) is 0 Å². The summed E-state index contributed by atoms with van der Waals surface area (Å²) in [5, 5.41) is 0. The zero-order valence-corrected chi connectivity index (χ0v) is 7.58. The summed E-state index contributed by atoms with van der Waals surface area (Å²) >= 11 is 0. The lowest BCUT2D eigenvalue weighted by Crippen LogP contribution is -2.30. The molecule has 0 spiro atoms. The van der Waals surface area contributed by atoms with Gasteiger partial charge >= 0.3 is 5.97 Å². The van der Waals surface area contributed by atoms with Gasteiger partial charge in [0.15, 0.2) is 0 Å². The van der Waals surface area contributed by atoms with Crippen LogP contribution in [0.15, 0.2) is 0 Å². The SMILES string of the molecule is COC(=O)C(CN)C1CCCC1. The maximum absolute atomic E-state index is 11.2. The second kappa shape index (κ2) is 4.45. The van der Waals surface area contributed by atoms with Crippen LogP contribution in [-0.2, 0) is 9.53 Å². The average Bonchev–Trinajstić information content (AvgIpc) is 2.58. The Morgan fingerprint density at radius 1 is 1.58 bits per heavy atom. The van der Waals surface area contributed by atoms with Gasteiger partial charge in [-0.2, -0.15) is 0 Å². The molecule has 12 heavy (non-hydrogen) atoms. The van der Waals surface area contributed by atoms with Gasteiger partial charge in [-0.05, 0) is 18.8 Å². The molecule has 1 unspecified atom stereocenters. The van der Waals surface area contributed by atoms with Crippen molar-refractivity contribution in [2.75, 3.05) is 13.7 Å². The summed E-state index contributed by atoms with van der Waals surface area (Å²) in [6.07, 6.45) is 4.74. The number of rotatable bonds is 3. The number of nitrogens with two attached hydrogens (primary N) is 1. The minimum absolute atomic E-state index is 0.0579. The topological polar surface area (TPSA) is 52.3 Å². The molecule has 0 heterocycles. The van der Waals surface area contributed by atoms with Gasteiger partial charge in [-0.25, -0.2) is 0 Å². The molecule has 2 N–H and O–H groups in total. The summed E-state index contributed by atoms with van der Waals surface area (Å²) in [4.78, 5) is 11.2. The normalized spacial score (nSPS) is 20.8. The summed E-state index contributed by atoms with van der Waals surface area (Å²) in [5.41, 5.74) is 5.53. The van der Waals surface area contributed by atoms with Crippen molar-refractivity contribution in [2.24, 2.45) is 17.6 Å². The third-order valence-electron chi connectivity index (χ3n) is 2.73. The van der Waals surface area contributed by atoms with Gasteiger partial charge in [0.2, 0.25) is 0 Å². The molecule has 3 nitrogen and oxygen atoms in total. The van der Waals surface area contributed by atoms with Crippen LogP contribution in [0, 0.1) is 11.8 Å². The summed E-state index contributed by atoms with van der Waals surface area (Å²) in [6, 6.07) is 0. The predicted octanol–water partition coefficient (Wildman–Crippen LogP) is 0.924. The van der Waals surface area contributed by atoms with Gasteiger partial charge in [-0.3, -0.25) is 4.79 Å². The van der Waals surface area contributed by atoms with Gasteiger partial charge in [0, 0.05) is 6.54 Å². The molecule has 0 aromatic carbocycles. The first kappa shape index (κ1) is 9.52. The molecule has 0 aromatic heterocycles. The first-order valence-electron chi connectivity index (χ1n) is 4.57. The maximum Gasteiger partial charge on any atom is 0.310 e. The van der Waals surface area contributed by atoms with Crippen molar-refractivity contribution in [3.05, 3.63) is 0 Å². The second-order valence-electron chi connectivity index (χ2n) is 3.41. The number of hydrogen-bond donors (Lipinski definition) is 1. The Hall–Kier alpha value is -0.570. The fourth-order valence-corrected chi connectivity index (χ4v) is 1.99. The molecular formula is C9H17NO2. The van der Waals surface area contributed by atoms with Crippen LogP contribution < -0.4 is 5.73 Å². The lowest BCUT2D eigenvalue weighted by Gasteiger charge is -2.18. The van der Waals surface area contributed by atoms with E-state index in [0.717, 1.165) is 12.8 Å². The van der Waals surface area contributed by atoms with Crippen LogP contribution in [0.3, 0.4) is 0 Å². The molecular weight excluding hydrogens is 154 g/mol. The van der Waals surface area contributed by atoms with Gasteiger partial charge in [0.05, 0.1) is 13.0 Å². The average molecular weight is 171 g/mol. The van der Waals surface area contributed by atoms with Gasteiger partial charge in [-0.15, -0.1) is 0 Å². The standard InChI is InChI=1S/C9H17NO2/c1-12-9(11)8(6-10)7-4-2-3-5-7/h7-8H,2-6,10H2,1H3. The van der Waals surface area contributed by atoms with E-state index in [2.05, 4.69) is 0 Å². The molecule has 0 radical (unpaired) electrons. The molecule has 1 aliphatic rings. The summed E-state index contributed by atoms with van der Waals surface area (Å²) in [6.45, 7) is 0.428. The van der Waals surface area contributed by atoms with E-state index in [4.69, 9.17) is 10.5 Å². The smallest absolute Gasteiger partial charge is 0.310 e. The molecule has 1 rings (SSSR count). The first-order valence-corrected chi connectivity index (χ1v) is 4.57. The molecule has 1 aliphatic carbocycles. The lowest BCUT2D eigenvalue weighted by atomic mass is 9.91. The lowest BCUT2D eigenvalue weighted by molar-refractivity contribution is -0.146. The zero-order valence-electron chi connectivity index (χ0n) is 7.58. The Morgan fingerprint density at radius 2 is 2.17 bits per heavy atom. The molecule has 0 bridgehead atoms. The van der Waals surface area contributed by atoms with Gasteiger partial charge in [0.25, 0.3) is 0 Å². The van der Waals surface area contributed by atoms with E-state index in [0.29, 0.717) is 12.5 Å². The molecule has 1 fully saturated rings. The molecule has 1 atom stereocenters. The Labute approximate surface area is 73.3 Å². The number of carbonyl (C=O) groups excluding carboxylic acids is 1. The largest absolute Gasteiger partial charge is 0.469 e. The third-order valence-corrected chi connectivity index (χ3v) is 2.73. The predicted molar refractivity (Wildman–Crippen MR) is 46.5 cm³/mol. The van der Waals surface area contributed by atoms with Crippen molar-refractivity contribution in [2.45, 2.75) is 25.7 Å². The van der Waals surface area contributed by atoms with Gasteiger partial charge < -0.3 is 10.5 Å². The zero-order chi connectivity index (χ0) is 8.97. The van der Waals surface area contributed by atoms with Crippen molar-refractivity contribution in [1.82, 2.24) is 0 Å². The fourth-order valence-electron chi connectivity index (χ4n) is 1.99. The third kappa shape index (κ3) is 1.97. The number of carbonyl (C=O) groups is 1. The van der Waals surface area contributed by atoms with Crippen molar-refractivity contribution < 1.29 is 9.53 Å². The van der Waals surface area contributed by atoms with E-state index in [1.54, 1.807) is 0 Å². The highest BCUT2D eigenvalue weighted by Crippen LogP contribution is 2.31. The Morgan fingerprint density at radius 3 is 2.58 bits per heavy atom. The van der Waals surface area contributed by atoms with Crippen LogP contribution in [0.4, 0.5) is 0 Å². The summed E-state index contributed by atoms with van der Waals surface area (Å²) < 4.78 is 4.70. The minimum Gasteiger partial charge on any atom is -0.469 e. The van der Waals surface area contributed by atoms with Gasteiger partial charge in [0.1, 0.15) is 0 Å². The van der Waals surface area contributed by atoms with E-state index in [1.807, 2.05) is 0 Å². The number of esters is 1. The van der Waals surface area contributed by atoms with Crippen LogP contribution in [-0.4, -0.2) is 19.6 Å². The Balaban J connectivity index is 2.48. The number of hydrogen-bond acceptors (Lipinski definition) is 3. The molecule has 3 heteroatoms. The molecule has 70 valence electrons. The molecule has 1 saturated carbocycles.